The minimum Gasteiger partial charge on any atom is -0.493 e. The van der Waals surface area contributed by atoms with Crippen LogP contribution in [0.3, 0.4) is 0 Å². The summed E-state index contributed by atoms with van der Waals surface area (Å²) in [5, 5.41) is 8.47. The Labute approximate surface area is 97.0 Å². The molecule has 0 unspecified atom stereocenters. The second-order valence-corrected chi connectivity index (χ2v) is 3.56. The minimum absolute atomic E-state index is 0.351. The molecule has 0 aliphatic heterocycles. The number of Topliss-reactive ketones (excluding diaryl/α,β-unsaturated/α-hetero) is 1. The number of aliphatic carboxylic acids is 1. The first-order valence-electron chi connectivity index (χ1n) is 3.89. The summed E-state index contributed by atoms with van der Waals surface area (Å²) in [7, 11) is 1.00. The van der Waals surface area contributed by atoms with Gasteiger partial charge in [0.15, 0.2) is 11.6 Å². The van der Waals surface area contributed by atoms with Crippen LogP contribution in [0.1, 0.15) is 10.4 Å². The molecule has 0 fully saturated rings. The summed E-state index contributed by atoms with van der Waals surface area (Å²) in [5.74, 6) is -6.55. The number of methoxy groups -OCH3 is 1. The van der Waals surface area contributed by atoms with Crippen LogP contribution in [0.5, 0.6) is 5.75 Å². The number of carboxylic acids is 1. The van der Waals surface area contributed by atoms with Crippen LogP contribution >= 0.6 is 15.9 Å². The third-order valence-electron chi connectivity index (χ3n) is 1.76. The predicted molar refractivity (Wildman–Crippen MR) is 52.6 cm³/mol. The molecule has 1 rings (SSSR count). The Morgan fingerprint density at radius 2 is 1.94 bits per heavy atom. The van der Waals surface area contributed by atoms with Gasteiger partial charge in [0.1, 0.15) is 0 Å². The first-order chi connectivity index (χ1) is 7.40. The fraction of sp³-hybridized carbons (Fsp3) is 0.111. The standard InChI is InChI=1S/C9H5BrF2O4/c1-16-8-3(7(13)9(14)15)2-4(10)5(11)6(8)12/h2H,1H3,(H,14,15). The van der Waals surface area contributed by atoms with Gasteiger partial charge in [-0.3, -0.25) is 4.79 Å². The first kappa shape index (κ1) is 12.6. The maximum Gasteiger partial charge on any atom is 0.377 e. The lowest BCUT2D eigenvalue weighted by Crippen LogP contribution is -2.15. The van der Waals surface area contributed by atoms with E-state index in [0.29, 0.717) is 0 Å². The molecule has 1 aromatic rings. The molecule has 1 aromatic carbocycles. The number of hydrogen-bond donors (Lipinski definition) is 1. The summed E-state index contributed by atoms with van der Waals surface area (Å²) in [4.78, 5) is 21.6. The van der Waals surface area contributed by atoms with Gasteiger partial charge in [-0.15, -0.1) is 0 Å². The topological polar surface area (TPSA) is 63.6 Å². The molecule has 16 heavy (non-hydrogen) atoms. The number of ether oxygens (including phenoxy) is 1. The highest BCUT2D eigenvalue weighted by molar-refractivity contribution is 9.10. The van der Waals surface area contributed by atoms with Crippen LogP contribution in [0.25, 0.3) is 0 Å². The van der Waals surface area contributed by atoms with Crippen molar-refractivity contribution in [2.75, 3.05) is 7.11 Å². The van der Waals surface area contributed by atoms with E-state index in [1.807, 2.05) is 0 Å². The molecule has 0 radical (unpaired) electrons. The molecule has 0 aliphatic carbocycles. The zero-order valence-corrected chi connectivity index (χ0v) is 9.47. The fourth-order valence-corrected chi connectivity index (χ4v) is 1.46. The van der Waals surface area contributed by atoms with Crippen LogP contribution in [-0.2, 0) is 4.79 Å². The molecule has 86 valence electrons. The summed E-state index contributed by atoms with van der Waals surface area (Å²) in [5.41, 5.74) is -0.555. The summed E-state index contributed by atoms with van der Waals surface area (Å²) >= 11 is 2.66. The lowest BCUT2D eigenvalue weighted by atomic mass is 10.1. The van der Waals surface area contributed by atoms with E-state index in [4.69, 9.17) is 5.11 Å². The highest BCUT2D eigenvalue weighted by Crippen LogP contribution is 2.30. The van der Waals surface area contributed by atoms with E-state index in [2.05, 4.69) is 20.7 Å². The average Bonchev–Trinajstić information content (AvgIpc) is 2.24. The fourth-order valence-electron chi connectivity index (χ4n) is 1.06. The summed E-state index contributed by atoms with van der Waals surface area (Å²) in [6.07, 6.45) is 0. The van der Waals surface area contributed by atoms with Gasteiger partial charge in [0.2, 0.25) is 5.82 Å². The van der Waals surface area contributed by atoms with Gasteiger partial charge in [-0.1, -0.05) is 0 Å². The van der Waals surface area contributed by atoms with Crippen LogP contribution < -0.4 is 4.74 Å². The Kier molecular flexibility index (Phi) is 3.58. The molecule has 0 saturated carbocycles. The van der Waals surface area contributed by atoms with Crippen LogP contribution in [0.4, 0.5) is 8.78 Å². The molecule has 0 bridgehead atoms. The van der Waals surface area contributed by atoms with Crippen molar-refractivity contribution < 1.29 is 28.2 Å². The quantitative estimate of drug-likeness (QED) is 0.526. The van der Waals surface area contributed by atoms with Crippen molar-refractivity contribution in [3.05, 3.63) is 27.7 Å². The number of carbonyl (C=O) groups excluding carboxylic acids is 1. The molecule has 0 aromatic heterocycles. The van der Waals surface area contributed by atoms with Crippen molar-refractivity contribution in [1.29, 1.82) is 0 Å². The van der Waals surface area contributed by atoms with Crippen LogP contribution in [0, 0.1) is 11.6 Å². The van der Waals surface area contributed by atoms with Gasteiger partial charge >= 0.3 is 5.97 Å². The average molecular weight is 295 g/mol. The molecule has 0 aliphatic rings. The lowest BCUT2D eigenvalue weighted by Gasteiger charge is -2.08. The van der Waals surface area contributed by atoms with Gasteiger partial charge in [0.05, 0.1) is 17.1 Å². The van der Waals surface area contributed by atoms with Gasteiger partial charge in [0.25, 0.3) is 5.78 Å². The lowest BCUT2D eigenvalue weighted by molar-refractivity contribution is -0.131. The Hall–Kier alpha value is -1.50. The van der Waals surface area contributed by atoms with Crippen molar-refractivity contribution >= 4 is 27.7 Å². The third kappa shape index (κ3) is 2.04. The highest BCUT2D eigenvalue weighted by Gasteiger charge is 2.26. The molecule has 1 N–H and O–H groups in total. The maximum atomic E-state index is 13.3. The van der Waals surface area contributed by atoms with Crippen LogP contribution in [0.2, 0.25) is 0 Å². The summed E-state index contributed by atoms with van der Waals surface area (Å²) < 4.78 is 30.4. The van der Waals surface area contributed by atoms with E-state index in [9.17, 15) is 18.4 Å². The van der Waals surface area contributed by atoms with Gasteiger partial charge in [-0.2, -0.15) is 4.39 Å². The normalized spacial score (nSPS) is 10.0. The van der Waals surface area contributed by atoms with E-state index < -0.39 is 34.7 Å². The number of halogens is 3. The Morgan fingerprint density at radius 1 is 1.38 bits per heavy atom. The minimum atomic E-state index is -1.78. The number of benzene rings is 1. The van der Waals surface area contributed by atoms with Crippen LogP contribution in [0.15, 0.2) is 10.5 Å². The SMILES string of the molecule is COc1c(C(=O)C(=O)O)cc(Br)c(F)c1F. The third-order valence-corrected chi connectivity index (χ3v) is 2.34. The van der Waals surface area contributed by atoms with Gasteiger partial charge in [0, 0.05) is 0 Å². The molecule has 0 atom stereocenters. The Morgan fingerprint density at radius 3 is 2.38 bits per heavy atom. The molecule has 0 amide bonds. The molecule has 0 spiro atoms. The van der Waals surface area contributed by atoms with E-state index in [1.54, 1.807) is 0 Å². The molecular weight excluding hydrogens is 290 g/mol. The van der Waals surface area contributed by atoms with Crippen molar-refractivity contribution in [1.82, 2.24) is 0 Å². The van der Waals surface area contributed by atoms with E-state index >= 15 is 0 Å². The van der Waals surface area contributed by atoms with Gasteiger partial charge in [-0.05, 0) is 22.0 Å². The molecular formula is C9H5BrF2O4. The second kappa shape index (κ2) is 4.56. The first-order valence-corrected chi connectivity index (χ1v) is 4.68. The molecule has 4 nitrogen and oxygen atoms in total. The number of hydrogen-bond acceptors (Lipinski definition) is 3. The highest BCUT2D eigenvalue weighted by atomic mass is 79.9. The Bertz CT molecular complexity index is 473. The van der Waals surface area contributed by atoms with E-state index in [1.165, 1.54) is 0 Å². The summed E-state index contributed by atoms with van der Waals surface area (Å²) in [6.45, 7) is 0. The predicted octanol–water partition coefficient (Wildman–Crippen LogP) is 2.00. The zero-order valence-electron chi connectivity index (χ0n) is 7.88. The van der Waals surface area contributed by atoms with Crippen molar-refractivity contribution in [2.24, 2.45) is 0 Å². The second-order valence-electron chi connectivity index (χ2n) is 2.70. The monoisotopic (exact) mass is 294 g/mol. The number of ketones is 1. The smallest absolute Gasteiger partial charge is 0.377 e. The largest absolute Gasteiger partial charge is 0.493 e. The zero-order chi connectivity index (χ0) is 12.5. The van der Waals surface area contributed by atoms with Gasteiger partial charge in [-0.25, -0.2) is 9.18 Å². The van der Waals surface area contributed by atoms with Crippen molar-refractivity contribution in [3.63, 3.8) is 0 Å². The summed E-state index contributed by atoms with van der Waals surface area (Å²) in [6, 6.07) is 0.855. The van der Waals surface area contributed by atoms with E-state index in [0.717, 1.165) is 13.2 Å². The van der Waals surface area contributed by atoms with Crippen molar-refractivity contribution in [2.45, 2.75) is 0 Å². The maximum absolute atomic E-state index is 13.3. The number of carboxylic acid groups (broad SMARTS) is 1. The number of rotatable bonds is 3. The van der Waals surface area contributed by atoms with Gasteiger partial charge < -0.3 is 9.84 Å². The molecule has 7 heteroatoms. The van der Waals surface area contributed by atoms with E-state index in [-0.39, 0.29) is 4.47 Å². The number of carbonyl (C=O) groups is 2. The van der Waals surface area contributed by atoms with Crippen molar-refractivity contribution in [3.8, 4) is 5.75 Å². The molecule has 0 heterocycles. The molecule has 0 saturated heterocycles. The Balaban J connectivity index is 3.51. The van der Waals surface area contributed by atoms with Crippen LogP contribution in [-0.4, -0.2) is 24.0 Å².